The molecular formula is C19H19BrN2. The van der Waals surface area contributed by atoms with Crippen molar-refractivity contribution < 1.29 is 0 Å². The monoisotopic (exact) mass is 354 g/mol. The molecule has 0 bridgehead atoms. The molecule has 2 nitrogen and oxygen atoms in total. The van der Waals surface area contributed by atoms with Gasteiger partial charge in [-0.3, -0.25) is 4.99 Å². The van der Waals surface area contributed by atoms with Gasteiger partial charge in [-0.2, -0.15) is 0 Å². The molecule has 0 aliphatic carbocycles. The van der Waals surface area contributed by atoms with Crippen molar-refractivity contribution in [2.45, 2.75) is 19.3 Å². The molecule has 3 heteroatoms. The summed E-state index contributed by atoms with van der Waals surface area (Å²) >= 11 is 3.44. The van der Waals surface area contributed by atoms with Crippen LogP contribution < -0.4 is 4.90 Å². The average Bonchev–Trinajstić information content (AvgIpc) is 2.70. The molecule has 0 N–H and O–H groups in total. The maximum atomic E-state index is 4.52. The van der Waals surface area contributed by atoms with Crippen molar-refractivity contribution >= 4 is 33.5 Å². The van der Waals surface area contributed by atoms with E-state index >= 15 is 0 Å². The van der Waals surface area contributed by atoms with Gasteiger partial charge in [-0.15, -0.1) is 0 Å². The first-order valence-electron chi connectivity index (χ1n) is 7.34. The fourth-order valence-corrected chi connectivity index (χ4v) is 3.29. The van der Waals surface area contributed by atoms with Gasteiger partial charge >= 0.3 is 0 Å². The summed E-state index contributed by atoms with van der Waals surface area (Å²) < 4.78 is 1.07. The number of hydrogen-bond donors (Lipinski definition) is 0. The molecule has 0 atom stereocenters. The second kappa shape index (κ2) is 5.73. The van der Waals surface area contributed by atoms with Gasteiger partial charge in [0.2, 0.25) is 0 Å². The van der Waals surface area contributed by atoms with Gasteiger partial charge in [0.05, 0.1) is 5.69 Å². The number of aliphatic imine (C=N–C) groups is 1. The van der Waals surface area contributed by atoms with Crippen LogP contribution in [-0.4, -0.2) is 13.3 Å². The van der Waals surface area contributed by atoms with Crippen LogP contribution in [0, 0.1) is 0 Å². The number of anilines is 1. The van der Waals surface area contributed by atoms with Crippen molar-refractivity contribution in [2.24, 2.45) is 4.99 Å². The molecule has 112 valence electrons. The molecule has 0 saturated carbocycles. The number of halogens is 1. The number of rotatable bonds is 2. The molecule has 2 aromatic rings. The van der Waals surface area contributed by atoms with Crippen molar-refractivity contribution in [1.82, 2.24) is 0 Å². The summed E-state index contributed by atoms with van der Waals surface area (Å²) in [4.78, 5) is 6.78. The normalized spacial score (nSPS) is 18.2. The van der Waals surface area contributed by atoms with E-state index < -0.39 is 0 Å². The standard InChI is InChI=1S/C19H19BrN2/c1-19(2)16-6-4-5-7-17(16)22(3)18(19)12-13-21-15-10-8-14(20)9-11-15/h4-13H,1-3H3/b18-12+,21-13?. The Bertz CT molecular complexity index is 742. The van der Waals surface area contributed by atoms with E-state index in [1.165, 1.54) is 16.9 Å². The highest BCUT2D eigenvalue weighted by molar-refractivity contribution is 9.10. The summed E-state index contributed by atoms with van der Waals surface area (Å²) in [6.45, 7) is 4.52. The third-order valence-electron chi connectivity index (χ3n) is 4.22. The van der Waals surface area contributed by atoms with Gasteiger partial charge in [-0.05, 0) is 42.0 Å². The highest BCUT2D eigenvalue weighted by Gasteiger charge is 2.37. The van der Waals surface area contributed by atoms with Gasteiger partial charge in [0, 0.05) is 34.5 Å². The Morgan fingerprint density at radius 1 is 1.05 bits per heavy atom. The number of likely N-dealkylation sites (N-methyl/N-ethyl adjacent to an activating group) is 1. The van der Waals surface area contributed by atoms with E-state index in [1.807, 2.05) is 30.5 Å². The van der Waals surface area contributed by atoms with E-state index in [-0.39, 0.29) is 5.41 Å². The number of nitrogens with zero attached hydrogens (tertiary/aromatic N) is 2. The van der Waals surface area contributed by atoms with Crippen LogP contribution in [-0.2, 0) is 5.41 Å². The number of benzene rings is 2. The zero-order valence-corrected chi connectivity index (χ0v) is 14.6. The molecule has 0 spiro atoms. The van der Waals surface area contributed by atoms with Crippen LogP contribution in [0.5, 0.6) is 0 Å². The Morgan fingerprint density at radius 3 is 2.41 bits per heavy atom. The predicted octanol–water partition coefficient (Wildman–Crippen LogP) is 5.46. The molecule has 3 rings (SSSR count). The van der Waals surface area contributed by atoms with Crippen molar-refractivity contribution in [3.63, 3.8) is 0 Å². The SMILES string of the molecule is CN1/C(=C/C=Nc2ccc(Br)cc2)C(C)(C)c2ccccc21. The zero-order valence-electron chi connectivity index (χ0n) is 13.0. The van der Waals surface area contributed by atoms with E-state index in [2.05, 4.69) is 77.1 Å². The fourth-order valence-electron chi connectivity index (χ4n) is 3.02. The highest BCUT2D eigenvalue weighted by atomic mass is 79.9. The van der Waals surface area contributed by atoms with Crippen LogP contribution >= 0.6 is 15.9 Å². The molecule has 0 fully saturated rings. The Morgan fingerprint density at radius 2 is 1.73 bits per heavy atom. The molecule has 0 radical (unpaired) electrons. The second-order valence-corrected chi connectivity index (χ2v) is 6.92. The number of para-hydroxylation sites is 1. The van der Waals surface area contributed by atoms with Crippen LogP contribution in [0.15, 0.2) is 69.8 Å². The Hall–Kier alpha value is -1.87. The summed E-state index contributed by atoms with van der Waals surface area (Å²) in [5, 5.41) is 0. The number of fused-ring (bicyclic) bond motifs is 1. The summed E-state index contributed by atoms with van der Waals surface area (Å²) in [7, 11) is 2.12. The lowest BCUT2D eigenvalue weighted by molar-refractivity contribution is 0.641. The lowest BCUT2D eigenvalue weighted by atomic mass is 9.84. The van der Waals surface area contributed by atoms with E-state index in [0.717, 1.165) is 10.2 Å². The molecule has 0 amide bonds. The molecule has 22 heavy (non-hydrogen) atoms. The van der Waals surface area contributed by atoms with Crippen LogP contribution in [0.25, 0.3) is 0 Å². The number of hydrogen-bond acceptors (Lipinski definition) is 2. The molecule has 0 aromatic heterocycles. The first-order chi connectivity index (χ1) is 10.5. The second-order valence-electron chi connectivity index (χ2n) is 6.01. The average molecular weight is 355 g/mol. The Kier molecular flexibility index (Phi) is 3.92. The fraction of sp³-hybridized carbons (Fsp3) is 0.211. The number of allylic oxidation sites excluding steroid dienone is 2. The van der Waals surface area contributed by atoms with E-state index in [9.17, 15) is 0 Å². The van der Waals surface area contributed by atoms with Crippen molar-refractivity contribution in [3.8, 4) is 0 Å². The summed E-state index contributed by atoms with van der Waals surface area (Å²) in [5.74, 6) is 0. The van der Waals surface area contributed by atoms with Crippen LogP contribution in [0.2, 0.25) is 0 Å². The first-order valence-corrected chi connectivity index (χ1v) is 8.13. The maximum Gasteiger partial charge on any atom is 0.0630 e. The van der Waals surface area contributed by atoms with Crippen LogP contribution in [0.4, 0.5) is 11.4 Å². The van der Waals surface area contributed by atoms with Gasteiger partial charge < -0.3 is 4.90 Å². The molecule has 2 aromatic carbocycles. The summed E-state index contributed by atoms with van der Waals surface area (Å²) in [5.41, 5.74) is 4.85. The molecule has 0 saturated heterocycles. The Labute approximate surface area is 140 Å². The molecule has 0 unspecified atom stereocenters. The van der Waals surface area contributed by atoms with Crippen molar-refractivity contribution in [3.05, 3.63) is 70.3 Å². The predicted molar refractivity (Wildman–Crippen MR) is 98.2 cm³/mol. The minimum absolute atomic E-state index is 0.00290. The summed E-state index contributed by atoms with van der Waals surface area (Å²) in [6.07, 6.45) is 4.00. The van der Waals surface area contributed by atoms with Crippen LogP contribution in [0.1, 0.15) is 19.4 Å². The quantitative estimate of drug-likeness (QED) is 0.653. The topological polar surface area (TPSA) is 15.6 Å². The van der Waals surface area contributed by atoms with Gasteiger partial charge in [-0.1, -0.05) is 48.0 Å². The lowest BCUT2D eigenvalue weighted by Gasteiger charge is -2.23. The van der Waals surface area contributed by atoms with Crippen molar-refractivity contribution in [2.75, 3.05) is 11.9 Å². The van der Waals surface area contributed by atoms with Crippen molar-refractivity contribution in [1.29, 1.82) is 0 Å². The Balaban J connectivity index is 1.90. The highest BCUT2D eigenvalue weighted by Crippen LogP contribution is 2.46. The molecule has 1 aliphatic heterocycles. The maximum absolute atomic E-state index is 4.52. The van der Waals surface area contributed by atoms with Gasteiger partial charge in [0.15, 0.2) is 0 Å². The smallest absolute Gasteiger partial charge is 0.0630 e. The van der Waals surface area contributed by atoms with Crippen LogP contribution in [0.3, 0.4) is 0 Å². The summed E-state index contributed by atoms with van der Waals surface area (Å²) in [6, 6.07) is 16.6. The van der Waals surface area contributed by atoms with E-state index in [1.54, 1.807) is 0 Å². The lowest BCUT2D eigenvalue weighted by Crippen LogP contribution is -2.22. The van der Waals surface area contributed by atoms with E-state index in [0.29, 0.717) is 0 Å². The van der Waals surface area contributed by atoms with Gasteiger partial charge in [0.1, 0.15) is 0 Å². The zero-order chi connectivity index (χ0) is 15.7. The molecule has 1 aliphatic rings. The molecular weight excluding hydrogens is 336 g/mol. The molecule has 1 heterocycles. The third-order valence-corrected chi connectivity index (χ3v) is 4.75. The van der Waals surface area contributed by atoms with E-state index in [4.69, 9.17) is 0 Å². The largest absolute Gasteiger partial charge is 0.347 e. The minimum atomic E-state index is -0.00290. The van der Waals surface area contributed by atoms with Gasteiger partial charge in [-0.25, -0.2) is 0 Å². The minimum Gasteiger partial charge on any atom is -0.347 e. The van der Waals surface area contributed by atoms with Gasteiger partial charge in [0.25, 0.3) is 0 Å². The first kappa shape index (κ1) is 15.0. The third kappa shape index (κ3) is 2.61.